The van der Waals surface area contributed by atoms with Gasteiger partial charge < -0.3 is 10.4 Å². The quantitative estimate of drug-likeness (QED) is 0.850. The van der Waals surface area contributed by atoms with Crippen molar-refractivity contribution in [3.63, 3.8) is 0 Å². The lowest BCUT2D eigenvalue weighted by Crippen LogP contribution is -2.15. The Morgan fingerprint density at radius 1 is 1.14 bits per heavy atom. The number of hydrogen-bond acceptors (Lipinski definition) is 2. The van der Waals surface area contributed by atoms with Crippen LogP contribution in [0.5, 0.6) is 0 Å². The Morgan fingerprint density at radius 3 is 2.52 bits per heavy atom. The topological polar surface area (TPSA) is 49.3 Å². The van der Waals surface area contributed by atoms with Gasteiger partial charge >= 0.3 is 0 Å². The third-order valence-corrected chi connectivity index (χ3v) is 2.79. The third-order valence-electron chi connectivity index (χ3n) is 2.79. The molecule has 0 aromatic heterocycles. The van der Waals surface area contributed by atoms with E-state index >= 15 is 0 Å². The molecular weight excluding hydrogens is 269 g/mol. The van der Waals surface area contributed by atoms with Crippen molar-refractivity contribution in [1.29, 1.82) is 0 Å². The number of benzene rings is 2. The lowest BCUT2D eigenvalue weighted by Gasteiger charge is -2.06. The Kier molecular flexibility index (Phi) is 5.08. The largest absolute Gasteiger partial charge is 0.384 e. The van der Waals surface area contributed by atoms with E-state index in [9.17, 15) is 9.18 Å². The van der Waals surface area contributed by atoms with Crippen molar-refractivity contribution in [1.82, 2.24) is 0 Å². The molecule has 2 aromatic rings. The van der Waals surface area contributed by atoms with Gasteiger partial charge in [-0.3, -0.25) is 4.79 Å². The van der Waals surface area contributed by atoms with E-state index in [0.717, 1.165) is 5.56 Å². The zero-order valence-corrected chi connectivity index (χ0v) is 11.3. The minimum Gasteiger partial charge on any atom is -0.384 e. The summed E-state index contributed by atoms with van der Waals surface area (Å²) in [6, 6.07) is 13.1. The van der Waals surface area contributed by atoms with Crippen molar-refractivity contribution in [2.24, 2.45) is 0 Å². The van der Waals surface area contributed by atoms with E-state index < -0.39 is 0 Å². The molecule has 0 heterocycles. The number of hydrogen-bond donors (Lipinski definition) is 2. The molecule has 2 N–H and O–H groups in total. The van der Waals surface area contributed by atoms with Gasteiger partial charge in [0.25, 0.3) is 0 Å². The fraction of sp³-hybridized carbons (Fsp3) is 0.118. The fourth-order valence-corrected chi connectivity index (χ4v) is 1.80. The number of carbonyl (C=O) groups is 1. The van der Waals surface area contributed by atoms with E-state index in [1.165, 1.54) is 6.07 Å². The summed E-state index contributed by atoms with van der Waals surface area (Å²) < 4.78 is 13.4. The zero-order valence-electron chi connectivity index (χ0n) is 11.3. The van der Waals surface area contributed by atoms with E-state index in [1.807, 2.05) is 0 Å². The van der Waals surface area contributed by atoms with Gasteiger partial charge in [-0.1, -0.05) is 30.0 Å². The number of anilines is 1. The van der Waals surface area contributed by atoms with Gasteiger partial charge in [-0.2, -0.15) is 0 Å². The smallest absolute Gasteiger partial charge is 0.228 e. The first kappa shape index (κ1) is 14.8. The highest BCUT2D eigenvalue weighted by Gasteiger charge is 2.07. The number of nitrogens with one attached hydrogen (secondary N) is 1. The lowest BCUT2D eigenvalue weighted by molar-refractivity contribution is -0.115. The molecule has 0 bridgehead atoms. The fourth-order valence-electron chi connectivity index (χ4n) is 1.80. The SMILES string of the molecule is O=C(Cc1ccccc1F)Nc1ccc(C#CCO)cc1. The minimum atomic E-state index is -0.387. The van der Waals surface area contributed by atoms with E-state index in [-0.39, 0.29) is 24.8 Å². The Morgan fingerprint density at radius 2 is 1.86 bits per heavy atom. The normalized spacial score (nSPS) is 9.62. The molecule has 2 aromatic carbocycles. The summed E-state index contributed by atoms with van der Waals surface area (Å²) >= 11 is 0. The summed E-state index contributed by atoms with van der Waals surface area (Å²) in [4.78, 5) is 11.9. The number of amides is 1. The van der Waals surface area contributed by atoms with Gasteiger partial charge in [0.1, 0.15) is 12.4 Å². The monoisotopic (exact) mass is 283 g/mol. The molecule has 2 rings (SSSR count). The number of halogens is 1. The van der Waals surface area contributed by atoms with Crippen LogP contribution in [0.3, 0.4) is 0 Å². The second-order valence-electron chi connectivity index (χ2n) is 4.35. The first-order chi connectivity index (χ1) is 10.2. The second-order valence-corrected chi connectivity index (χ2v) is 4.35. The number of aliphatic hydroxyl groups is 1. The van der Waals surface area contributed by atoms with Crippen LogP contribution in [-0.2, 0) is 11.2 Å². The van der Waals surface area contributed by atoms with Crippen molar-refractivity contribution >= 4 is 11.6 Å². The van der Waals surface area contributed by atoms with Crippen LogP contribution < -0.4 is 5.32 Å². The summed E-state index contributed by atoms with van der Waals surface area (Å²) in [7, 11) is 0. The summed E-state index contributed by atoms with van der Waals surface area (Å²) in [5.41, 5.74) is 1.72. The van der Waals surface area contributed by atoms with Gasteiger partial charge in [-0.25, -0.2) is 4.39 Å². The number of aliphatic hydroxyl groups excluding tert-OH is 1. The van der Waals surface area contributed by atoms with Gasteiger partial charge in [0, 0.05) is 11.3 Å². The molecule has 0 aliphatic heterocycles. The molecule has 0 radical (unpaired) electrons. The molecule has 21 heavy (non-hydrogen) atoms. The van der Waals surface area contributed by atoms with Crippen LogP contribution in [0.15, 0.2) is 48.5 Å². The molecule has 1 amide bonds. The Balaban J connectivity index is 1.98. The van der Waals surface area contributed by atoms with E-state index in [1.54, 1.807) is 42.5 Å². The van der Waals surface area contributed by atoms with Crippen LogP contribution in [-0.4, -0.2) is 17.6 Å². The molecule has 3 nitrogen and oxygen atoms in total. The molecule has 4 heteroatoms. The van der Waals surface area contributed by atoms with Gasteiger partial charge in [-0.05, 0) is 35.9 Å². The van der Waals surface area contributed by atoms with Gasteiger partial charge in [0.05, 0.1) is 6.42 Å². The third kappa shape index (κ3) is 4.44. The second kappa shape index (κ2) is 7.22. The van der Waals surface area contributed by atoms with Gasteiger partial charge in [0.2, 0.25) is 5.91 Å². The van der Waals surface area contributed by atoms with Crippen LogP contribution >= 0.6 is 0 Å². The molecule has 0 fully saturated rings. The minimum absolute atomic E-state index is 0.0151. The summed E-state index contributed by atoms with van der Waals surface area (Å²) in [5, 5.41) is 11.3. The summed E-state index contributed by atoms with van der Waals surface area (Å²) in [5.74, 6) is 4.63. The first-order valence-corrected chi connectivity index (χ1v) is 6.42. The average Bonchev–Trinajstić information content (AvgIpc) is 2.49. The maximum atomic E-state index is 13.4. The molecule has 0 atom stereocenters. The zero-order chi connectivity index (χ0) is 15.1. The predicted molar refractivity (Wildman–Crippen MR) is 79.1 cm³/mol. The van der Waals surface area contributed by atoms with Crippen LogP contribution in [0.25, 0.3) is 0 Å². The Labute approximate surface area is 122 Å². The van der Waals surface area contributed by atoms with Crippen molar-refractivity contribution in [3.05, 3.63) is 65.5 Å². The molecule has 0 saturated heterocycles. The summed E-state index contributed by atoms with van der Waals surface area (Å²) in [6.07, 6.45) is -0.0151. The van der Waals surface area contributed by atoms with Crippen molar-refractivity contribution in [2.75, 3.05) is 11.9 Å². The standard InChI is InChI=1S/C17H14FNO2/c18-16-6-2-1-5-14(16)12-17(21)19-15-9-7-13(8-10-15)4-3-11-20/h1-2,5-10,20H,11-12H2,(H,19,21). The Bertz CT molecular complexity index is 684. The highest BCUT2D eigenvalue weighted by molar-refractivity contribution is 5.92. The predicted octanol–water partition coefficient (Wildman–Crippen LogP) is 2.35. The number of rotatable bonds is 3. The van der Waals surface area contributed by atoms with E-state index in [2.05, 4.69) is 17.2 Å². The van der Waals surface area contributed by atoms with E-state index in [0.29, 0.717) is 11.3 Å². The van der Waals surface area contributed by atoms with Gasteiger partial charge in [-0.15, -0.1) is 0 Å². The van der Waals surface area contributed by atoms with Crippen LogP contribution in [0.4, 0.5) is 10.1 Å². The van der Waals surface area contributed by atoms with Crippen molar-refractivity contribution in [3.8, 4) is 11.8 Å². The molecule has 0 aliphatic rings. The molecule has 0 unspecified atom stereocenters. The van der Waals surface area contributed by atoms with Crippen LogP contribution in [0, 0.1) is 17.7 Å². The molecule has 0 aliphatic carbocycles. The number of carbonyl (C=O) groups excluding carboxylic acids is 1. The molecule has 0 saturated carbocycles. The Hall–Kier alpha value is -2.64. The van der Waals surface area contributed by atoms with Crippen LogP contribution in [0.2, 0.25) is 0 Å². The molecule has 0 spiro atoms. The highest BCUT2D eigenvalue weighted by Crippen LogP contribution is 2.11. The first-order valence-electron chi connectivity index (χ1n) is 6.42. The molecule has 106 valence electrons. The van der Waals surface area contributed by atoms with Crippen LogP contribution in [0.1, 0.15) is 11.1 Å². The average molecular weight is 283 g/mol. The maximum Gasteiger partial charge on any atom is 0.228 e. The maximum absolute atomic E-state index is 13.4. The van der Waals surface area contributed by atoms with Gasteiger partial charge in [0.15, 0.2) is 0 Å². The summed E-state index contributed by atoms with van der Waals surface area (Å²) in [6.45, 7) is -0.193. The molecular formula is C17H14FNO2. The highest BCUT2D eigenvalue weighted by atomic mass is 19.1. The van der Waals surface area contributed by atoms with Crippen molar-refractivity contribution < 1.29 is 14.3 Å². The lowest BCUT2D eigenvalue weighted by atomic mass is 10.1. The van der Waals surface area contributed by atoms with E-state index in [4.69, 9.17) is 5.11 Å². The van der Waals surface area contributed by atoms with Crippen molar-refractivity contribution in [2.45, 2.75) is 6.42 Å².